The van der Waals surface area contributed by atoms with E-state index in [1.807, 2.05) is 19.9 Å². The third-order valence-corrected chi connectivity index (χ3v) is 4.27. The number of benzene rings is 1. The Bertz CT molecular complexity index is 993. The first-order valence-electron chi connectivity index (χ1n) is 9.83. The van der Waals surface area contributed by atoms with Crippen LogP contribution in [0.4, 0.5) is 5.69 Å². The molecule has 0 bridgehead atoms. The number of carbonyl (C=O) groups excluding carboxylic acids is 2. The molecule has 2 amide bonds. The molecule has 29 heavy (non-hydrogen) atoms. The number of hydrogen-bond donors (Lipinski definition) is 2. The maximum atomic E-state index is 12.8. The predicted octanol–water partition coefficient (Wildman–Crippen LogP) is 3.90. The Kier molecular flexibility index (Phi) is 6.49. The molecule has 1 aromatic carbocycles. The smallest absolute Gasteiger partial charge is 0.287 e. The molecule has 2 aromatic heterocycles. The summed E-state index contributed by atoms with van der Waals surface area (Å²) in [6.45, 7) is 6.54. The average Bonchev–Trinajstić information content (AvgIpc) is 3.09. The number of aromatic nitrogens is 2. The Morgan fingerprint density at radius 3 is 2.55 bits per heavy atom. The lowest BCUT2D eigenvalue weighted by Gasteiger charge is -2.10. The fourth-order valence-corrected chi connectivity index (χ4v) is 2.90. The monoisotopic (exact) mass is 394 g/mol. The normalized spacial score (nSPS) is 10.9. The van der Waals surface area contributed by atoms with Gasteiger partial charge >= 0.3 is 0 Å². The van der Waals surface area contributed by atoms with E-state index in [1.54, 1.807) is 47.0 Å². The summed E-state index contributed by atoms with van der Waals surface area (Å²) in [7, 11) is 0. The predicted molar refractivity (Wildman–Crippen MR) is 113 cm³/mol. The van der Waals surface area contributed by atoms with Gasteiger partial charge in [0.1, 0.15) is 5.75 Å². The summed E-state index contributed by atoms with van der Waals surface area (Å²) in [4.78, 5) is 29.7. The second-order valence-corrected chi connectivity index (χ2v) is 6.99. The van der Waals surface area contributed by atoms with Gasteiger partial charge < -0.3 is 15.4 Å². The Hall–Kier alpha value is -3.35. The molecule has 0 aliphatic carbocycles. The van der Waals surface area contributed by atoms with Gasteiger partial charge in [-0.2, -0.15) is 0 Å². The van der Waals surface area contributed by atoms with E-state index in [2.05, 4.69) is 22.5 Å². The molecular formula is C22H26N4O3. The number of nitrogens with one attached hydrogen (secondary N) is 2. The van der Waals surface area contributed by atoms with E-state index in [0.717, 1.165) is 18.6 Å². The van der Waals surface area contributed by atoms with Crippen molar-refractivity contribution in [1.29, 1.82) is 0 Å². The van der Waals surface area contributed by atoms with Crippen molar-refractivity contribution >= 4 is 23.0 Å². The summed E-state index contributed by atoms with van der Waals surface area (Å²) in [5, 5.41) is 5.68. The van der Waals surface area contributed by atoms with Crippen molar-refractivity contribution in [3.8, 4) is 5.75 Å². The van der Waals surface area contributed by atoms with Crippen LogP contribution >= 0.6 is 0 Å². The molecule has 0 aliphatic rings. The van der Waals surface area contributed by atoms with E-state index in [0.29, 0.717) is 17.7 Å². The van der Waals surface area contributed by atoms with E-state index in [1.165, 1.54) is 0 Å². The van der Waals surface area contributed by atoms with Crippen molar-refractivity contribution in [2.45, 2.75) is 39.7 Å². The zero-order chi connectivity index (χ0) is 20.8. The van der Waals surface area contributed by atoms with Gasteiger partial charge in [-0.05, 0) is 56.7 Å². The number of carbonyl (C=O) groups is 2. The fraction of sp³-hybridized carbons (Fsp3) is 0.318. The lowest BCUT2D eigenvalue weighted by atomic mass is 10.2. The maximum Gasteiger partial charge on any atom is 0.287 e. The second kappa shape index (κ2) is 9.23. The summed E-state index contributed by atoms with van der Waals surface area (Å²) in [5.74, 6) is 0.256. The molecule has 0 fully saturated rings. The molecule has 0 saturated carbocycles. The Labute approximate surface area is 170 Å². The topological polar surface area (TPSA) is 84.7 Å². The third-order valence-electron chi connectivity index (χ3n) is 4.27. The highest BCUT2D eigenvalue weighted by atomic mass is 16.5. The van der Waals surface area contributed by atoms with Gasteiger partial charge in [0, 0.05) is 18.4 Å². The molecule has 0 atom stereocenters. The largest absolute Gasteiger partial charge is 0.491 e. The second-order valence-electron chi connectivity index (χ2n) is 6.99. The van der Waals surface area contributed by atoms with Crippen LogP contribution in [0.25, 0.3) is 5.52 Å². The molecule has 3 rings (SSSR count). The van der Waals surface area contributed by atoms with E-state index >= 15 is 0 Å². The van der Waals surface area contributed by atoms with Crippen molar-refractivity contribution in [2.24, 2.45) is 0 Å². The number of ether oxygens (including phenoxy) is 1. The van der Waals surface area contributed by atoms with Crippen LogP contribution in [-0.2, 0) is 0 Å². The van der Waals surface area contributed by atoms with Crippen molar-refractivity contribution in [3.63, 3.8) is 0 Å². The number of unbranched alkanes of at least 4 members (excludes halogenated alkanes) is 1. The number of nitrogens with zero attached hydrogens (tertiary/aromatic N) is 2. The van der Waals surface area contributed by atoms with Gasteiger partial charge in [0.05, 0.1) is 11.6 Å². The van der Waals surface area contributed by atoms with E-state index in [9.17, 15) is 9.59 Å². The van der Waals surface area contributed by atoms with Crippen LogP contribution in [0.5, 0.6) is 5.75 Å². The van der Waals surface area contributed by atoms with Gasteiger partial charge in [0.2, 0.25) is 5.82 Å². The highest BCUT2D eigenvalue weighted by Gasteiger charge is 2.21. The first-order valence-corrected chi connectivity index (χ1v) is 9.83. The Morgan fingerprint density at radius 2 is 1.86 bits per heavy atom. The van der Waals surface area contributed by atoms with E-state index in [-0.39, 0.29) is 29.4 Å². The van der Waals surface area contributed by atoms with Crippen molar-refractivity contribution in [3.05, 3.63) is 60.2 Å². The van der Waals surface area contributed by atoms with Crippen molar-refractivity contribution in [2.75, 3.05) is 11.9 Å². The van der Waals surface area contributed by atoms with Gasteiger partial charge in [-0.1, -0.05) is 19.4 Å². The highest BCUT2D eigenvalue weighted by molar-refractivity contribution is 6.08. The zero-order valence-corrected chi connectivity index (χ0v) is 16.9. The van der Waals surface area contributed by atoms with Gasteiger partial charge in [-0.15, -0.1) is 0 Å². The molecule has 0 unspecified atom stereocenters. The molecule has 152 valence electrons. The minimum Gasteiger partial charge on any atom is -0.491 e. The van der Waals surface area contributed by atoms with Crippen LogP contribution in [0.2, 0.25) is 0 Å². The van der Waals surface area contributed by atoms with Crippen LogP contribution in [0.15, 0.2) is 48.7 Å². The number of imidazole rings is 1. The first-order chi connectivity index (χ1) is 14.0. The number of anilines is 1. The number of hydrogen-bond acceptors (Lipinski definition) is 4. The van der Waals surface area contributed by atoms with Gasteiger partial charge in [0.15, 0.2) is 5.69 Å². The van der Waals surface area contributed by atoms with Crippen LogP contribution in [-0.4, -0.2) is 33.8 Å². The van der Waals surface area contributed by atoms with Crippen molar-refractivity contribution < 1.29 is 14.3 Å². The maximum absolute atomic E-state index is 12.8. The van der Waals surface area contributed by atoms with Crippen LogP contribution < -0.4 is 15.4 Å². The van der Waals surface area contributed by atoms with Gasteiger partial charge in [-0.3, -0.25) is 14.0 Å². The minimum absolute atomic E-state index is 0.0780. The number of fused-ring (bicyclic) bond motifs is 1. The Morgan fingerprint density at radius 1 is 1.10 bits per heavy atom. The van der Waals surface area contributed by atoms with Gasteiger partial charge in [-0.25, -0.2) is 4.98 Å². The number of amides is 2. The summed E-state index contributed by atoms with van der Waals surface area (Å²) in [5.41, 5.74) is 1.40. The summed E-state index contributed by atoms with van der Waals surface area (Å²) in [6, 6.07) is 12.5. The standard InChI is InChI=1S/C22H26N4O3/c1-4-5-13-23-22(28)20-25-19(18-8-6-7-14-26(18)20)21(27)24-16-9-11-17(12-10-16)29-15(2)3/h6-12,14-15H,4-5,13H2,1-3H3,(H,23,28)(H,24,27). The quantitative estimate of drug-likeness (QED) is 0.568. The minimum atomic E-state index is -0.376. The highest BCUT2D eigenvalue weighted by Crippen LogP contribution is 2.19. The SMILES string of the molecule is CCCCNC(=O)c1nc(C(=O)Nc2ccc(OC(C)C)cc2)c2ccccn12. The molecule has 0 saturated heterocycles. The molecule has 2 heterocycles. The summed E-state index contributed by atoms with van der Waals surface area (Å²) < 4.78 is 7.25. The molecule has 7 nitrogen and oxygen atoms in total. The Balaban J connectivity index is 1.81. The van der Waals surface area contributed by atoms with Crippen LogP contribution in [0.3, 0.4) is 0 Å². The molecule has 7 heteroatoms. The molecule has 0 aliphatic heterocycles. The number of pyridine rings is 1. The molecular weight excluding hydrogens is 368 g/mol. The molecule has 2 N–H and O–H groups in total. The fourth-order valence-electron chi connectivity index (χ4n) is 2.90. The molecule has 0 radical (unpaired) electrons. The molecule has 0 spiro atoms. The van der Waals surface area contributed by atoms with Crippen LogP contribution in [0, 0.1) is 0 Å². The number of rotatable bonds is 8. The average molecular weight is 394 g/mol. The zero-order valence-electron chi connectivity index (χ0n) is 16.9. The third kappa shape index (κ3) is 4.93. The van der Waals surface area contributed by atoms with E-state index in [4.69, 9.17) is 4.74 Å². The van der Waals surface area contributed by atoms with E-state index < -0.39 is 0 Å². The van der Waals surface area contributed by atoms with Crippen LogP contribution in [0.1, 0.15) is 54.7 Å². The summed E-state index contributed by atoms with van der Waals surface area (Å²) in [6.07, 6.45) is 3.68. The lowest BCUT2D eigenvalue weighted by molar-refractivity contribution is 0.0942. The van der Waals surface area contributed by atoms with Gasteiger partial charge in [0.25, 0.3) is 11.8 Å². The lowest BCUT2D eigenvalue weighted by Crippen LogP contribution is -2.26. The first kappa shape index (κ1) is 20.4. The van der Waals surface area contributed by atoms with Crippen molar-refractivity contribution in [1.82, 2.24) is 14.7 Å². The summed E-state index contributed by atoms with van der Waals surface area (Å²) >= 11 is 0. The molecule has 3 aromatic rings.